The molecule has 0 unspecified atom stereocenters. The number of benzene rings is 1. The highest BCUT2D eigenvalue weighted by molar-refractivity contribution is 5.94. The van der Waals surface area contributed by atoms with E-state index >= 15 is 0 Å². The number of ether oxygens (including phenoxy) is 3. The molecule has 0 aliphatic rings. The van der Waals surface area contributed by atoms with Crippen molar-refractivity contribution >= 4 is 11.9 Å². The Bertz CT molecular complexity index is 757. The summed E-state index contributed by atoms with van der Waals surface area (Å²) >= 11 is 0. The molecule has 0 saturated heterocycles. The summed E-state index contributed by atoms with van der Waals surface area (Å²) in [4.78, 5) is 23.3. The van der Waals surface area contributed by atoms with E-state index in [-0.39, 0.29) is 29.4 Å². The molecule has 1 aromatic heterocycles. The van der Waals surface area contributed by atoms with Crippen LogP contribution < -0.4 is 14.2 Å². The van der Waals surface area contributed by atoms with Gasteiger partial charge in [0.2, 0.25) is 11.9 Å². The van der Waals surface area contributed by atoms with Crippen LogP contribution in [-0.4, -0.2) is 24.3 Å². The lowest BCUT2D eigenvalue weighted by Gasteiger charge is -2.13. The van der Waals surface area contributed by atoms with E-state index in [2.05, 4.69) is 4.74 Å². The van der Waals surface area contributed by atoms with Crippen molar-refractivity contribution in [3.63, 3.8) is 0 Å². The van der Waals surface area contributed by atoms with E-state index in [1.807, 2.05) is 30.3 Å². The zero-order chi connectivity index (χ0) is 17.7. The van der Waals surface area contributed by atoms with Gasteiger partial charge in [-0.1, -0.05) is 30.3 Å². The fourth-order valence-corrected chi connectivity index (χ4v) is 2.07. The summed E-state index contributed by atoms with van der Waals surface area (Å²) in [6.07, 6.45) is 1.11. The zero-order valence-corrected chi connectivity index (χ0v) is 13.6. The molecule has 1 heterocycles. The Morgan fingerprint density at radius 3 is 2.42 bits per heavy atom. The van der Waals surface area contributed by atoms with Crippen LogP contribution in [-0.2, 0) is 16.1 Å². The Morgan fingerprint density at radius 1 is 1.17 bits per heavy atom. The molecule has 126 valence electrons. The van der Waals surface area contributed by atoms with Gasteiger partial charge in [-0.2, -0.15) is 0 Å². The molecule has 0 radical (unpaired) electrons. The predicted octanol–water partition coefficient (Wildman–Crippen LogP) is 1.81. The zero-order valence-electron chi connectivity index (χ0n) is 13.6. The van der Waals surface area contributed by atoms with E-state index < -0.39 is 11.9 Å². The Morgan fingerprint density at radius 2 is 1.83 bits per heavy atom. The van der Waals surface area contributed by atoms with E-state index in [1.165, 1.54) is 14.0 Å². The third kappa shape index (κ3) is 3.81. The van der Waals surface area contributed by atoms with Crippen LogP contribution in [0.15, 0.2) is 36.5 Å². The fraction of sp³-hybridized carbons (Fsp3) is 0.235. The largest absolute Gasteiger partial charge is 0.480 e. The number of carbonyl (C=O) groups excluding carboxylic acids is 2. The Kier molecular flexibility index (Phi) is 5.36. The van der Waals surface area contributed by atoms with Crippen molar-refractivity contribution in [2.45, 2.75) is 20.5 Å². The molecule has 1 N–H and O–H groups in total. The summed E-state index contributed by atoms with van der Waals surface area (Å²) < 4.78 is 16.2. The molecule has 0 saturated carbocycles. The molecule has 24 heavy (non-hydrogen) atoms. The number of rotatable bonds is 5. The SMILES string of the molecule is COC(=O)c1c[n+](O)c(C)c(OCc2ccccc2)c1OC(C)=O. The van der Waals surface area contributed by atoms with Gasteiger partial charge >= 0.3 is 11.9 Å². The molecule has 2 rings (SSSR count). The van der Waals surface area contributed by atoms with Crippen molar-refractivity contribution in [3.05, 3.63) is 53.3 Å². The summed E-state index contributed by atoms with van der Waals surface area (Å²) in [5.74, 6) is -1.40. The minimum atomic E-state index is -0.765. The lowest BCUT2D eigenvalue weighted by Crippen LogP contribution is -2.35. The first kappa shape index (κ1) is 17.3. The lowest BCUT2D eigenvalue weighted by molar-refractivity contribution is -0.909. The van der Waals surface area contributed by atoms with Crippen LogP contribution in [0.1, 0.15) is 28.5 Å². The Labute approximate surface area is 139 Å². The highest BCUT2D eigenvalue weighted by atomic mass is 16.6. The standard InChI is InChI=1S/C17H18NO6/c1-11-15(23-10-13-7-5-4-6-8-13)16(24-12(2)19)14(9-18(11)21)17(20)22-3/h4-9,21H,10H2,1-3H3/q+1. The Balaban J connectivity index is 2.47. The van der Waals surface area contributed by atoms with Crippen molar-refractivity contribution in [2.24, 2.45) is 0 Å². The number of pyridine rings is 1. The smallest absolute Gasteiger partial charge is 0.348 e. The van der Waals surface area contributed by atoms with Crippen LogP contribution in [0.2, 0.25) is 0 Å². The highest BCUT2D eigenvalue weighted by Crippen LogP contribution is 2.34. The van der Waals surface area contributed by atoms with Gasteiger partial charge in [-0.15, -0.1) is 0 Å². The number of carbonyl (C=O) groups is 2. The molecule has 0 aliphatic carbocycles. The molecular weight excluding hydrogens is 314 g/mol. The molecule has 0 spiro atoms. The maximum Gasteiger partial charge on any atom is 0.348 e. The van der Waals surface area contributed by atoms with Crippen molar-refractivity contribution < 1.29 is 33.7 Å². The quantitative estimate of drug-likeness (QED) is 0.510. The first-order chi connectivity index (χ1) is 11.4. The summed E-state index contributed by atoms with van der Waals surface area (Å²) in [6, 6.07) is 9.31. The normalized spacial score (nSPS) is 10.1. The van der Waals surface area contributed by atoms with Gasteiger partial charge in [-0.05, 0) is 5.56 Å². The van der Waals surface area contributed by atoms with Crippen LogP contribution in [0.5, 0.6) is 11.5 Å². The summed E-state index contributed by atoms with van der Waals surface area (Å²) in [7, 11) is 1.19. The van der Waals surface area contributed by atoms with Crippen molar-refractivity contribution in [2.75, 3.05) is 7.11 Å². The van der Waals surface area contributed by atoms with Crippen molar-refractivity contribution in [1.82, 2.24) is 0 Å². The molecule has 7 heteroatoms. The third-order valence-corrected chi connectivity index (χ3v) is 3.25. The number of hydrogen-bond acceptors (Lipinski definition) is 6. The van der Waals surface area contributed by atoms with E-state index in [4.69, 9.17) is 9.47 Å². The van der Waals surface area contributed by atoms with Crippen LogP contribution in [0.4, 0.5) is 0 Å². The van der Waals surface area contributed by atoms with Gasteiger partial charge in [0.1, 0.15) is 6.61 Å². The van der Waals surface area contributed by atoms with E-state index in [0.717, 1.165) is 16.5 Å². The highest BCUT2D eigenvalue weighted by Gasteiger charge is 2.30. The summed E-state index contributed by atoms with van der Waals surface area (Å²) in [5.41, 5.74) is 1.03. The first-order valence-corrected chi connectivity index (χ1v) is 7.16. The van der Waals surface area contributed by atoms with Gasteiger partial charge in [0.25, 0.3) is 5.69 Å². The number of nitrogens with zero attached hydrogens (tertiary/aromatic N) is 1. The lowest BCUT2D eigenvalue weighted by atomic mass is 10.2. The predicted molar refractivity (Wildman–Crippen MR) is 82.0 cm³/mol. The van der Waals surface area contributed by atoms with Crippen LogP contribution in [0.3, 0.4) is 0 Å². The molecule has 7 nitrogen and oxygen atoms in total. The van der Waals surface area contributed by atoms with Gasteiger partial charge in [0.15, 0.2) is 11.3 Å². The van der Waals surface area contributed by atoms with E-state index in [0.29, 0.717) is 0 Å². The number of methoxy groups -OCH3 is 1. The van der Waals surface area contributed by atoms with Crippen LogP contribution in [0, 0.1) is 6.92 Å². The second-order valence-corrected chi connectivity index (χ2v) is 4.99. The fourth-order valence-electron chi connectivity index (χ4n) is 2.07. The third-order valence-electron chi connectivity index (χ3n) is 3.25. The van der Waals surface area contributed by atoms with Crippen LogP contribution >= 0.6 is 0 Å². The monoisotopic (exact) mass is 332 g/mol. The Hall–Kier alpha value is -3.09. The number of aromatic nitrogens is 1. The second-order valence-electron chi connectivity index (χ2n) is 4.99. The molecule has 0 bridgehead atoms. The maximum absolute atomic E-state index is 11.9. The maximum atomic E-state index is 11.9. The average Bonchev–Trinajstić information content (AvgIpc) is 2.57. The summed E-state index contributed by atoms with van der Waals surface area (Å²) in [6.45, 7) is 2.94. The van der Waals surface area contributed by atoms with E-state index in [9.17, 15) is 14.8 Å². The molecule has 1 aromatic carbocycles. The number of hydrogen-bond donors (Lipinski definition) is 1. The molecular formula is C17H18NO6+. The molecule has 0 fully saturated rings. The van der Waals surface area contributed by atoms with Gasteiger partial charge < -0.3 is 14.2 Å². The average molecular weight is 332 g/mol. The van der Waals surface area contributed by atoms with Gasteiger partial charge in [-0.25, -0.2) is 4.79 Å². The van der Waals surface area contributed by atoms with Crippen molar-refractivity contribution in [1.29, 1.82) is 0 Å². The molecule has 0 aliphatic heterocycles. The molecule has 0 amide bonds. The molecule has 2 aromatic rings. The topological polar surface area (TPSA) is 85.9 Å². The van der Waals surface area contributed by atoms with Crippen molar-refractivity contribution in [3.8, 4) is 11.5 Å². The minimum Gasteiger partial charge on any atom is -0.480 e. The molecule has 0 atom stereocenters. The van der Waals surface area contributed by atoms with Crippen LogP contribution in [0.25, 0.3) is 0 Å². The summed E-state index contributed by atoms with van der Waals surface area (Å²) in [5, 5.41) is 9.97. The van der Waals surface area contributed by atoms with E-state index in [1.54, 1.807) is 6.92 Å². The van der Waals surface area contributed by atoms with Gasteiger partial charge in [0, 0.05) is 18.6 Å². The number of esters is 2. The van der Waals surface area contributed by atoms with Gasteiger partial charge in [0.05, 0.1) is 7.11 Å². The first-order valence-electron chi connectivity index (χ1n) is 7.16. The van der Waals surface area contributed by atoms with Gasteiger partial charge in [-0.3, -0.25) is 10.0 Å². The minimum absolute atomic E-state index is 0.0828. The second kappa shape index (κ2) is 7.45.